The average Bonchev–Trinajstić information content (AvgIpc) is 2.77. The maximum atomic E-state index is 10.1. The van der Waals surface area contributed by atoms with Gasteiger partial charge in [0.2, 0.25) is 0 Å². The molecule has 0 spiro atoms. The van der Waals surface area contributed by atoms with Crippen molar-refractivity contribution in [1.29, 1.82) is 0 Å². The number of rotatable bonds is 4. The molecule has 3 nitrogen and oxygen atoms in total. The summed E-state index contributed by atoms with van der Waals surface area (Å²) < 4.78 is 10.6. The lowest BCUT2D eigenvalue weighted by Crippen LogP contribution is -1.93. The first-order valence-corrected chi connectivity index (χ1v) is 14.0. The Morgan fingerprint density at radius 1 is 0.485 bits per heavy atom. The first-order valence-electron chi connectivity index (χ1n) is 9.29. The Labute approximate surface area is 241 Å². The minimum atomic E-state index is 0.153. The van der Waals surface area contributed by atoms with Crippen LogP contribution >= 0.6 is 95.6 Å². The summed E-state index contributed by atoms with van der Waals surface area (Å²) in [6.07, 6.45) is 0. The highest BCUT2D eigenvalue weighted by molar-refractivity contribution is 9.11. The number of phenolic OH excluding ortho intramolecular Hbond substituents is 2. The second-order valence-corrected chi connectivity index (χ2v) is 11.9. The number of hydrogen-bond acceptors (Lipinski definition) is 3. The van der Waals surface area contributed by atoms with Gasteiger partial charge in [-0.05, 0) is 154 Å². The standard InChI is InChI=1S/C24H12Br6O3/c25-15-5-1-11(9-19(15)31)13-3-7-17(27)23(21(13)29)33-24-18(28)8-4-14(22(24)30)12-2-6-16(26)20(32)10-12/h1-10,31-32H. The molecule has 0 amide bonds. The molecule has 0 saturated heterocycles. The third-order valence-corrected chi connectivity index (χ3v) is 8.98. The van der Waals surface area contributed by atoms with Gasteiger partial charge in [-0.15, -0.1) is 0 Å². The maximum absolute atomic E-state index is 10.1. The van der Waals surface area contributed by atoms with Crippen molar-refractivity contribution in [1.82, 2.24) is 0 Å². The van der Waals surface area contributed by atoms with Crippen molar-refractivity contribution in [3.63, 3.8) is 0 Å². The summed E-state index contributed by atoms with van der Waals surface area (Å²) in [6, 6.07) is 18.5. The quantitative estimate of drug-likeness (QED) is 0.215. The molecule has 0 atom stereocenters. The summed E-state index contributed by atoms with van der Waals surface area (Å²) in [5.74, 6) is 1.46. The summed E-state index contributed by atoms with van der Waals surface area (Å²) in [7, 11) is 0. The maximum Gasteiger partial charge on any atom is 0.156 e. The topological polar surface area (TPSA) is 49.7 Å². The summed E-state index contributed by atoms with van der Waals surface area (Å²) in [4.78, 5) is 0. The van der Waals surface area contributed by atoms with Crippen LogP contribution < -0.4 is 4.74 Å². The average molecular weight is 828 g/mol. The van der Waals surface area contributed by atoms with Crippen LogP contribution in [0.3, 0.4) is 0 Å². The van der Waals surface area contributed by atoms with E-state index in [1.54, 1.807) is 24.3 Å². The van der Waals surface area contributed by atoms with Crippen molar-refractivity contribution < 1.29 is 14.9 Å². The predicted molar refractivity (Wildman–Crippen MR) is 153 cm³/mol. The zero-order valence-corrected chi connectivity index (χ0v) is 25.9. The second kappa shape index (κ2) is 10.4. The monoisotopic (exact) mass is 822 g/mol. The normalized spacial score (nSPS) is 11.0. The van der Waals surface area contributed by atoms with Gasteiger partial charge in [0.15, 0.2) is 11.5 Å². The van der Waals surface area contributed by atoms with Gasteiger partial charge in [-0.1, -0.05) is 24.3 Å². The molecule has 0 aromatic heterocycles. The van der Waals surface area contributed by atoms with Crippen LogP contribution in [0, 0.1) is 0 Å². The van der Waals surface area contributed by atoms with Crippen LogP contribution in [-0.4, -0.2) is 10.2 Å². The largest absolute Gasteiger partial charge is 0.507 e. The fraction of sp³-hybridized carbons (Fsp3) is 0. The second-order valence-electron chi connectivity index (χ2n) is 6.91. The van der Waals surface area contributed by atoms with Crippen molar-refractivity contribution in [2.24, 2.45) is 0 Å². The minimum absolute atomic E-state index is 0.153. The molecular weight excluding hydrogens is 816 g/mol. The summed E-state index contributed by atoms with van der Waals surface area (Å²) in [5, 5.41) is 20.2. The van der Waals surface area contributed by atoms with Crippen LogP contribution in [0.15, 0.2) is 87.5 Å². The first-order chi connectivity index (χ1) is 15.7. The molecule has 33 heavy (non-hydrogen) atoms. The van der Waals surface area contributed by atoms with Gasteiger partial charge in [0.1, 0.15) is 11.5 Å². The summed E-state index contributed by atoms with van der Waals surface area (Å²) >= 11 is 21.2. The third-order valence-electron chi connectivity index (χ3n) is 4.82. The Bertz CT molecular complexity index is 1280. The minimum Gasteiger partial charge on any atom is -0.507 e. The van der Waals surface area contributed by atoms with Crippen LogP contribution in [0.4, 0.5) is 0 Å². The van der Waals surface area contributed by atoms with Gasteiger partial charge < -0.3 is 14.9 Å². The molecule has 2 N–H and O–H groups in total. The van der Waals surface area contributed by atoms with Crippen LogP contribution in [0.2, 0.25) is 0 Å². The molecule has 0 aliphatic rings. The van der Waals surface area contributed by atoms with E-state index in [1.165, 1.54) is 0 Å². The number of ether oxygens (including phenoxy) is 1. The van der Waals surface area contributed by atoms with Crippen LogP contribution in [-0.2, 0) is 0 Å². The van der Waals surface area contributed by atoms with E-state index in [0.29, 0.717) is 20.4 Å². The Kier molecular flexibility index (Phi) is 7.97. The highest BCUT2D eigenvalue weighted by Crippen LogP contribution is 2.48. The van der Waals surface area contributed by atoms with Crippen molar-refractivity contribution in [2.45, 2.75) is 0 Å². The van der Waals surface area contributed by atoms with Crippen LogP contribution in [0.25, 0.3) is 22.3 Å². The SMILES string of the molecule is Oc1cc(-c2ccc(Br)c(Oc3c(Br)ccc(-c4ccc(Br)c(O)c4)c3Br)c2Br)ccc1Br. The van der Waals surface area contributed by atoms with E-state index in [0.717, 1.165) is 40.1 Å². The van der Waals surface area contributed by atoms with E-state index in [-0.39, 0.29) is 11.5 Å². The lowest BCUT2D eigenvalue weighted by Gasteiger charge is -2.17. The molecule has 0 unspecified atom stereocenters. The van der Waals surface area contributed by atoms with Crippen molar-refractivity contribution in [3.05, 3.63) is 87.5 Å². The van der Waals surface area contributed by atoms with E-state index in [1.807, 2.05) is 36.4 Å². The molecule has 0 bridgehead atoms. The van der Waals surface area contributed by atoms with Crippen LogP contribution in [0.1, 0.15) is 0 Å². The number of halogens is 6. The third kappa shape index (κ3) is 5.23. The smallest absolute Gasteiger partial charge is 0.156 e. The first kappa shape index (κ1) is 25.3. The molecule has 0 aliphatic carbocycles. The molecule has 168 valence electrons. The lowest BCUT2D eigenvalue weighted by molar-refractivity contribution is 0.470. The molecule has 4 aromatic rings. The Balaban J connectivity index is 1.81. The number of hydrogen-bond donors (Lipinski definition) is 2. The molecule has 9 heteroatoms. The van der Waals surface area contributed by atoms with Gasteiger partial charge in [-0.25, -0.2) is 0 Å². The zero-order valence-electron chi connectivity index (χ0n) is 16.3. The van der Waals surface area contributed by atoms with E-state index in [9.17, 15) is 10.2 Å². The van der Waals surface area contributed by atoms with Gasteiger partial charge in [0.25, 0.3) is 0 Å². The van der Waals surface area contributed by atoms with Crippen molar-refractivity contribution in [2.75, 3.05) is 0 Å². The number of aromatic hydroxyl groups is 2. The molecule has 0 saturated carbocycles. The van der Waals surface area contributed by atoms with Crippen molar-refractivity contribution in [3.8, 4) is 45.3 Å². The fourth-order valence-corrected chi connectivity index (χ4v) is 6.32. The molecular formula is C24H12Br6O3. The van der Waals surface area contributed by atoms with E-state index >= 15 is 0 Å². The number of phenols is 2. The lowest BCUT2D eigenvalue weighted by atomic mass is 10.0. The van der Waals surface area contributed by atoms with Gasteiger partial charge in [0, 0.05) is 0 Å². The molecule has 0 fully saturated rings. The Hall–Kier alpha value is -0.840. The molecule has 0 aliphatic heterocycles. The van der Waals surface area contributed by atoms with Gasteiger partial charge in [0.05, 0.1) is 26.8 Å². The van der Waals surface area contributed by atoms with Crippen molar-refractivity contribution >= 4 is 95.6 Å². The highest BCUT2D eigenvalue weighted by atomic mass is 79.9. The Morgan fingerprint density at radius 2 is 0.848 bits per heavy atom. The zero-order chi connectivity index (χ0) is 23.9. The van der Waals surface area contributed by atoms with Crippen LogP contribution in [0.5, 0.6) is 23.0 Å². The summed E-state index contributed by atoms with van der Waals surface area (Å²) in [6.45, 7) is 0. The van der Waals surface area contributed by atoms with Gasteiger partial charge in [-0.3, -0.25) is 0 Å². The predicted octanol–water partition coefficient (Wildman–Crippen LogP) is 10.8. The fourth-order valence-electron chi connectivity index (χ4n) is 3.16. The molecule has 4 rings (SSSR count). The van der Waals surface area contributed by atoms with E-state index < -0.39 is 0 Å². The number of benzene rings is 4. The van der Waals surface area contributed by atoms with E-state index in [4.69, 9.17) is 4.74 Å². The summed E-state index contributed by atoms with van der Waals surface area (Å²) in [5.41, 5.74) is 3.38. The van der Waals surface area contributed by atoms with Gasteiger partial charge >= 0.3 is 0 Å². The highest BCUT2D eigenvalue weighted by Gasteiger charge is 2.19. The molecule has 0 radical (unpaired) electrons. The molecule has 0 heterocycles. The van der Waals surface area contributed by atoms with E-state index in [2.05, 4.69) is 95.6 Å². The van der Waals surface area contributed by atoms with Gasteiger partial charge in [-0.2, -0.15) is 0 Å². The Morgan fingerprint density at radius 3 is 1.21 bits per heavy atom. The molecule has 4 aromatic carbocycles.